The maximum absolute atomic E-state index is 12.6. The molecule has 0 aliphatic carbocycles. The average Bonchev–Trinajstić information content (AvgIpc) is 2.62. The summed E-state index contributed by atoms with van der Waals surface area (Å²) >= 11 is 5.90. The summed E-state index contributed by atoms with van der Waals surface area (Å²) in [5.41, 5.74) is 0.136. The molecule has 0 bridgehead atoms. The molecule has 5 nitrogen and oxygen atoms in total. The number of rotatable bonds is 3. The van der Waals surface area contributed by atoms with Crippen molar-refractivity contribution in [3.8, 4) is 11.3 Å². The molecule has 0 radical (unpaired) electrons. The third-order valence-corrected chi connectivity index (χ3v) is 3.69. The van der Waals surface area contributed by atoms with Crippen molar-refractivity contribution in [2.45, 2.75) is 6.18 Å². The molecule has 9 heteroatoms. The molecule has 1 N–H and O–H groups in total. The second-order valence-electron chi connectivity index (χ2n) is 5.17. The van der Waals surface area contributed by atoms with Crippen LogP contribution in [0.1, 0.15) is 16.1 Å². The van der Waals surface area contributed by atoms with E-state index in [2.05, 4.69) is 20.5 Å². The number of amides is 1. The minimum atomic E-state index is -4.40. The summed E-state index contributed by atoms with van der Waals surface area (Å²) in [5, 5.41) is 10.4. The SMILES string of the molecule is O=C(Nc1ccc(-c2ccc(C(F)(F)F)cc2)nn1)c1ncccc1Cl. The number of nitrogens with one attached hydrogen (secondary N) is 1. The fraction of sp³-hybridized carbons (Fsp3) is 0.0588. The molecule has 2 aromatic heterocycles. The number of carbonyl (C=O) groups excluding carboxylic acids is 1. The van der Waals surface area contributed by atoms with Crippen LogP contribution in [0.2, 0.25) is 5.02 Å². The van der Waals surface area contributed by atoms with Gasteiger partial charge in [-0.3, -0.25) is 4.79 Å². The van der Waals surface area contributed by atoms with Gasteiger partial charge in [0, 0.05) is 11.8 Å². The molecule has 3 aromatic rings. The average molecular weight is 379 g/mol. The Kier molecular flexibility index (Phi) is 4.85. The van der Waals surface area contributed by atoms with Gasteiger partial charge in [-0.05, 0) is 36.4 Å². The molecule has 1 amide bonds. The number of alkyl halides is 3. The monoisotopic (exact) mass is 378 g/mol. The Balaban J connectivity index is 1.74. The number of hydrogen-bond donors (Lipinski definition) is 1. The fourth-order valence-electron chi connectivity index (χ4n) is 2.11. The molecule has 26 heavy (non-hydrogen) atoms. The van der Waals surface area contributed by atoms with E-state index in [-0.39, 0.29) is 16.5 Å². The van der Waals surface area contributed by atoms with E-state index >= 15 is 0 Å². The minimum Gasteiger partial charge on any atom is -0.304 e. The van der Waals surface area contributed by atoms with Crippen LogP contribution < -0.4 is 5.32 Å². The number of aromatic nitrogens is 3. The topological polar surface area (TPSA) is 67.8 Å². The molecule has 1 aromatic carbocycles. The Hall–Kier alpha value is -3.00. The van der Waals surface area contributed by atoms with Crippen molar-refractivity contribution in [1.82, 2.24) is 15.2 Å². The van der Waals surface area contributed by atoms with Crippen LogP contribution in [-0.4, -0.2) is 21.1 Å². The zero-order valence-corrected chi connectivity index (χ0v) is 13.7. The highest BCUT2D eigenvalue weighted by Crippen LogP contribution is 2.30. The molecule has 0 atom stereocenters. The summed E-state index contributed by atoms with van der Waals surface area (Å²) in [5.74, 6) is -0.389. The van der Waals surface area contributed by atoms with Crippen molar-refractivity contribution >= 4 is 23.3 Å². The van der Waals surface area contributed by atoms with Crippen LogP contribution >= 0.6 is 11.6 Å². The van der Waals surface area contributed by atoms with E-state index in [1.807, 2.05) is 0 Å². The molecule has 0 aliphatic rings. The highest BCUT2D eigenvalue weighted by atomic mass is 35.5. The van der Waals surface area contributed by atoms with Gasteiger partial charge in [0.25, 0.3) is 5.91 Å². The lowest BCUT2D eigenvalue weighted by molar-refractivity contribution is -0.137. The summed E-state index contributed by atoms with van der Waals surface area (Å²) in [6.07, 6.45) is -2.97. The number of pyridine rings is 1. The first kappa shape index (κ1) is 17.8. The fourth-order valence-corrected chi connectivity index (χ4v) is 2.32. The van der Waals surface area contributed by atoms with Crippen LogP contribution in [0.4, 0.5) is 19.0 Å². The number of nitrogens with zero attached hydrogens (tertiary/aromatic N) is 3. The molecule has 0 saturated heterocycles. The highest BCUT2D eigenvalue weighted by molar-refractivity contribution is 6.34. The summed E-state index contributed by atoms with van der Waals surface area (Å²) < 4.78 is 37.7. The first-order valence-electron chi connectivity index (χ1n) is 7.28. The van der Waals surface area contributed by atoms with Gasteiger partial charge in [0.1, 0.15) is 5.69 Å². The van der Waals surface area contributed by atoms with Crippen LogP contribution in [0.3, 0.4) is 0 Å². The number of halogens is 4. The molecule has 2 heterocycles. The molecule has 0 saturated carbocycles. The molecule has 132 valence electrons. The van der Waals surface area contributed by atoms with Crippen molar-refractivity contribution in [3.05, 3.63) is 71.0 Å². The lowest BCUT2D eigenvalue weighted by Crippen LogP contribution is -2.15. The Morgan fingerprint density at radius 1 is 1.00 bits per heavy atom. The van der Waals surface area contributed by atoms with E-state index in [0.29, 0.717) is 11.3 Å². The van der Waals surface area contributed by atoms with Crippen molar-refractivity contribution in [1.29, 1.82) is 0 Å². The quantitative estimate of drug-likeness (QED) is 0.730. The van der Waals surface area contributed by atoms with E-state index in [1.54, 1.807) is 6.07 Å². The Morgan fingerprint density at radius 2 is 1.73 bits per heavy atom. The first-order valence-corrected chi connectivity index (χ1v) is 7.65. The number of anilines is 1. The normalized spacial score (nSPS) is 11.2. The van der Waals surface area contributed by atoms with E-state index in [9.17, 15) is 18.0 Å². The van der Waals surface area contributed by atoms with Crippen LogP contribution in [0.25, 0.3) is 11.3 Å². The van der Waals surface area contributed by atoms with E-state index < -0.39 is 17.6 Å². The highest BCUT2D eigenvalue weighted by Gasteiger charge is 2.30. The lowest BCUT2D eigenvalue weighted by atomic mass is 10.1. The van der Waals surface area contributed by atoms with Gasteiger partial charge in [-0.25, -0.2) is 4.98 Å². The van der Waals surface area contributed by atoms with E-state index in [1.165, 1.54) is 36.5 Å². The summed E-state index contributed by atoms with van der Waals surface area (Å²) in [6, 6.07) is 10.7. The third-order valence-electron chi connectivity index (χ3n) is 3.39. The van der Waals surface area contributed by atoms with Gasteiger partial charge in [-0.2, -0.15) is 13.2 Å². The lowest BCUT2D eigenvalue weighted by Gasteiger charge is -2.08. The Labute approximate surface area is 150 Å². The number of benzene rings is 1. The second-order valence-corrected chi connectivity index (χ2v) is 5.57. The van der Waals surface area contributed by atoms with Gasteiger partial charge in [-0.1, -0.05) is 23.7 Å². The maximum Gasteiger partial charge on any atom is 0.416 e. The Bertz CT molecular complexity index is 928. The van der Waals surface area contributed by atoms with Crippen LogP contribution in [-0.2, 0) is 6.18 Å². The van der Waals surface area contributed by atoms with Gasteiger partial charge >= 0.3 is 6.18 Å². The van der Waals surface area contributed by atoms with Gasteiger partial charge in [0.15, 0.2) is 5.82 Å². The number of carbonyl (C=O) groups is 1. The third kappa shape index (κ3) is 3.97. The molecule has 0 fully saturated rings. The Morgan fingerprint density at radius 3 is 2.31 bits per heavy atom. The number of hydrogen-bond acceptors (Lipinski definition) is 4. The predicted molar refractivity (Wildman–Crippen MR) is 89.7 cm³/mol. The van der Waals surface area contributed by atoms with Gasteiger partial charge in [-0.15, -0.1) is 10.2 Å². The van der Waals surface area contributed by atoms with Gasteiger partial charge in [0.05, 0.1) is 16.3 Å². The van der Waals surface area contributed by atoms with Crippen LogP contribution in [0, 0.1) is 0 Å². The van der Waals surface area contributed by atoms with E-state index in [4.69, 9.17) is 11.6 Å². The van der Waals surface area contributed by atoms with Crippen LogP contribution in [0.5, 0.6) is 0 Å². The summed E-state index contributed by atoms with van der Waals surface area (Å²) in [4.78, 5) is 16.0. The molecular formula is C17H10ClF3N4O. The van der Waals surface area contributed by atoms with Gasteiger partial charge < -0.3 is 5.32 Å². The first-order chi connectivity index (χ1) is 12.3. The van der Waals surface area contributed by atoms with Crippen LogP contribution in [0.15, 0.2) is 54.7 Å². The minimum absolute atomic E-state index is 0.0442. The zero-order chi connectivity index (χ0) is 18.7. The second kappa shape index (κ2) is 7.09. The largest absolute Gasteiger partial charge is 0.416 e. The molecule has 0 aliphatic heterocycles. The molecular weight excluding hydrogens is 369 g/mol. The summed E-state index contributed by atoms with van der Waals surface area (Å²) in [6.45, 7) is 0. The molecule has 3 rings (SSSR count). The maximum atomic E-state index is 12.6. The molecule has 0 spiro atoms. The van der Waals surface area contributed by atoms with Crippen molar-refractivity contribution in [2.24, 2.45) is 0 Å². The van der Waals surface area contributed by atoms with Crippen molar-refractivity contribution < 1.29 is 18.0 Å². The molecule has 0 unspecified atom stereocenters. The smallest absolute Gasteiger partial charge is 0.304 e. The standard InChI is InChI=1S/C17H10ClF3N4O/c18-12-2-1-9-22-15(12)16(26)23-14-8-7-13(24-25-14)10-3-5-11(6-4-10)17(19,20)21/h1-9H,(H,23,25,26). The summed E-state index contributed by atoms with van der Waals surface area (Å²) in [7, 11) is 0. The van der Waals surface area contributed by atoms with Crippen molar-refractivity contribution in [3.63, 3.8) is 0 Å². The predicted octanol–water partition coefficient (Wildman–Crippen LogP) is 4.46. The van der Waals surface area contributed by atoms with E-state index in [0.717, 1.165) is 12.1 Å². The van der Waals surface area contributed by atoms with Gasteiger partial charge in [0.2, 0.25) is 0 Å². The zero-order valence-electron chi connectivity index (χ0n) is 13.0. The van der Waals surface area contributed by atoms with Crippen molar-refractivity contribution in [2.75, 3.05) is 5.32 Å².